The molecule has 1 heterocycles. The number of thiophene rings is 1. The Hall–Kier alpha value is -1.82. The Labute approximate surface area is 105 Å². The number of halogens is 3. The summed E-state index contributed by atoms with van der Waals surface area (Å²) in [6, 6.07) is 7.64. The maximum Gasteiger partial charge on any atom is 0.573 e. The zero-order valence-electron chi connectivity index (χ0n) is 8.90. The number of benzene rings is 1. The van der Waals surface area contributed by atoms with Crippen LogP contribution in [-0.2, 0) is 0 Å². The minimum Gasteiger partial charge on any atom is -0.405 e. The van der Waals surface area contributed by atoms with Crippen molar-refractivity contribution in [3.63, 3.8) is 0 Å². The van der Waals surface area contributed by atoms with Crippen LogP contribution < -0.4 is 4.74 Å². The highest BCUT2D eigenvalue weighted by Crippen LogP contribution is 2.31. The van der Waals surface area contributed by atoms with Gasteiger partial charge in [-0.15, -0.1) is 24.5 Å². The van der Waals surface area contributed by atoms with Gasteiger partial charge in [-0.05, 0) is 35.2 Å². The quantitative estimate of drug-likeness (QED) is 0.785. The van der Waals surface area contributed by atoms with Crippen molar-refractivity contribution in [1.29, 1.82) is 0 Å². The van der Waals surface area contributed by atoms with Crippen LogP contribution in [0.25, 0.3) is 10.4 Å². The van der Waals surface area contributed by atoms with Crippen LogP contribution in [0, 0.1) is 0 Å². The third kappa shape index (κ3) is 2.89. The SMILES string of the molecule is O=Cc1cc(-c2cccs2)ccc1OC(F)(F)F. The second-order valence-corrected chi connectivity index (χ2v) is 4.34. The van der Waals surface area contributed by atoms with Gasteiger partial charge in [0.25, 0.3) is 0 Å². The maximum absolute atomic E-state index is 12.1. The molecule has 0 fully saturated rings. The average Bonchev–Trinajstić information content (AvgIpc) is 2.81. The molecule has 2 aromatic rings. The summed E-state index contributed by atoms with van der Waals surface area (Å²) >= 11 is 1.44. The van der Waals surface area contributed by atoms with Gasteiger partial charge in [-0.25, -0.2) is 0 Å². The molecule has 6 heteroatoms. The summed E-state index contributed by atoms with van der Waals surface area (Å²) in [6.45, 7) is 0. The molecule has 0 atom stereocenters. The summed E-state index contributed by atoms with van der Waals surface area (Å²) in [4.78, 5) is 11.7. The minimum atomic E-state index is -4.80. The van der Waals surface area contributed by atoms with Crippen LogP contribution in [0.4, 0.5) is 13.2 Å². The van der Waals surface area contributed by atoms with E-state index in [1.165, 1.54) is 23.5 Å². The van der Waals surface area contributed by atoms with Gasteiger partial charge in [0.05, 0.1) is 5.56 Å². The molecule has 1 aromatic heterocycles. The fraction of sp³-hybridized carbons (Fsp3) is 0.0833. The number of hydrogen-bond donors (Lipinski definition) is 0. The lowest BCUT2D eigenvalue weighted by molar-refractivity contribution is -0.274. The Morgan fingerprint density at radius 1 is 1.22 bits per heavy atom. The molecule has 18 heavy (non-hydrogen) atoms. The van der Waals surface area contributed by atoms with Crippen molar-refractivity contribution >= 4 is 17.6 Å². The highest BCUT2D eigenvalue weighted by molar-refractivity contribution is 7.13. The van der Waals surface area contributed by atoms with E-state index in [0.717, 1.165) is 10.9 Å². The molecule has 0 bridgehead atoms. The van der Waals surface area contributed by atoms with E-state index in [1.54, 1.807) is 0 Å². The van der Waals surface area contributed by atoms with Crippen molar-refractivity contribution in [2.45, 2.75) is 6.36 Å². The normalized spacial score (nSPS) is 11.3. The highest BCUT2D eigenvalue weighted by Gasteiger charge is 2.32. The third-order valence-corrected chi connectivity index (χ3v) is 3.09. The molecule has 2 rings (SSSR count). The Bertz CT molecular complexity index is 547. The first kappa shape index (κ1) is 12.6. The van der Waals surface area contributed by atoms with Gasteiger partial charge in [0.15, 0.2) is 6.29 Å². The molecular weight excluding hydrogens is 265 g/mol. The van der Waals surface area contributed by atoms with Gasteiger partial charge < -0.3 is 4.74 Å². The zero-order valence-corrected chi connectivity index (χ0v) is 9.72. The van der Waals surface area contributed by atoms with Gasteiger partial charge in [0.1, 0.15) is 5.75 Å². The lowest BCUT2D eigenvalue weighted by atomic mass is 10.1. The van der Waals surface area contributed by atoms with Crippen LogP contribution in [0.1, 0.15) is 10.4 Å². The lowest BCUT2D eigenvalue weighted by Gasteiger charge is -2.11. The van der Waals surface area contributed by atoms with Gasteiger partial charge in [0, 0.05) is 4.88 Å². The lowest BCUT2D eigenvalue weighted by Crippen LogP contribution is -2.18. The molecule has 94 valence electrons. The largest absolute Gasteiger partial charge is 0.573 e. The Morgan fingerprint density at radius 3 is 2.56 bits per heavy atom. The molecule has 0 unspecified atom stereocenters. The summed E-state index contributed by atoms with van der Waals surface area (Å²) in [5.74, 6) is -0.488. The molecule has 1 aromatic carbocycles. The molecule has 2 nitrogen and oxygen atoms in total. The number of carbonyl (C=O) groups is 1. The van der Waals surface area contributed by atoms with Gasteiger partial charge in [-0.1, -0.05) is 6.07 Å². The van der Waals surface area contributed by atoms with Crippen molar-refractivity contribution in [1.82, 2.24) is 0 Å². The average molecular weight is 272 g/mol. The monoisotopic (exact) mass is 272 g/mol. The van der Waals surface area contributed by atoms with Crippen molar-refractivity contribution in [2.75, 3.05) is 0 Å². The Balaban J connectivity index is 2.38. The number of aldehydes is 1. The van der Waals surface area contributed by atoms with Crippen LogP contribution in [0.2, 0.25) is 0 Å². The highest BCUT2D eigenvalue weighted by atomic mass is 32.1. The summed E-state index contributed by atoms with van der Waals surface area (Å²) in [5, 5.41) is 1.84. The van der Waals surface area contributed by atoms with E-state index in [0.29, 0.717) is 11.8 Å². The molecule has 0 aliphatic rings. The zero-order chi connectivity index (χ0) is 13.2. The second kappa shape index (κ2) is 4.81. The first-order valence-electron chi connectivity index (χ1n) is 4.88. The van der Waals surface area contributed by atoms with E-state index in [2.05, 4.69) is 4.74 Å². The van der Waals surface area contributed by atoms with Crippen molar-refractivity contribution in [2.24, 2.45) is 0 Å². The molecule has 0 saturated carbocycles. The smallest absolute Gasteiger partial charge is 0.405 e. The van der Waals surface area contributed by atoms with Gasteiger partial charge in [0.2, 0.25) is 0 Å². The molecule has 0 amide bonds. The third-order valence-electron chi connectivity index (χ3n) is 2.17. The second-order valence-electron chi connectivity index (χ2n) is 3.40. The molecule has 0 N–H and O–H groups in total. The van der Waals surface area contributed by atoms with E-state index in [1.807, 2.05) is 17.5 Å². The van der Waals surface area contributed by atoms with Crippen LogP contribution in [0.3, 0.4) is 0 Å². The van der Waals surface area contributed by atoms with E-state index < -0.39 is 12.1 Å². The van der Waals surface area contributed by atoms with Crippen LogP contribution >= 0.6 is 11.3 Å². The Kier molecular flexibility index (Phi) is 3.38. The number of hydrogen-bond acceptors (Lipinski definition) is 3. The van der Waals surface area contributed by atoms with Crippen molar-refractivity contribution < 1.29 is 22.7 Å². The summed E-state index contributed by atoms with van der Waals surface area (Å²) in [7, 11) is 0. The van der Waals surface area contributed by atoms with E-state index in [-0.39, 0.29) is 5.56 Å². The van der Waals surface area contributed by atoms with E-state index in [9.17, 15) is 18.0 Å². The molecule has 0 radical (unpaired) electrons. The number of ether oxygens (including phenoxy) is 1. The van der Waals surface area contributed by atoms with Crippen molar-refractivity contribution in [3.8, 4) is 16.2 Å². The molecule has 0 aliphatic carbocycles. The standard InChI is InChI=1S/C12H7F3O2S/c13-12(14,15)17-10-4-3-8(6-9(10)7-16)11-2-1-5-18-11/h1-7H. The Morgan fingerprint density at radius 2 is 2.00 bits per heavy atom. The van der Waals surface area contributed by atoms with Crippen molar-refractivity contribution in [3.05, 3.63) is 41.3 Å². The summed E-state index contributed by atoms with van der Waals surface area (Å²) in [6.07, 6.45) is -4.46. The van der Waals surface area contributed by atoms with Gasteiger partial charge >= 0.3 is 6.36 Å². The molecular formula is C12H7F3O2S. The molecule has 0 aliphatic heterocycles. The predicted molar refractivity (Wildman–Crippen MR) is 61.8 cm³/mol. The predicted octanol–water partition coefficient (Wildman–Crippen LogP) is 4.13. The van der Waals surface area contributed by atoms with E-state index in [4.69, 9.17) is 0 Å². The number of rotatable bonds is 3. The fourth-order valence-electron chi connectivity index (χ4n) is 1.45. The molecule has 0 saturated heterocycles. The fourth-order valence-corrected chi connectivity index (χ4v) is 2.18. The number of carbonyl (C=O) groups excluding carboxylic acids is 1. The first-order chi connectivity index (χ1) is 8.49. The topological polar surface area (TPSA) is 26.3 Å². The summed E-state index contributed by atoms with van der Waals surface area (Å²) in [5.41, 5.74) is 0.555. The summed E-state index contributed by atoms with van der Waals surface area (Å²) < 4.78 is 40.1. The maximum atomic E-state index is 12.1. The number of alkyl halides is 3. The van der Waals surface area contributed by atoms with Crippen LogP contribution in [0.5, 0.6) is 5.75 Å². The van der Waals surface area contributed by atoms with Crippen LogP contribution in [0.15, 0.2) is 35.7 Å². The first-order valence-corrected chi connectivity index (χ1v) is 5.76. The van der Waals surface area contributed by atoms with Gasteiger partial charge in [-0.3, -0.25) is 4.79 Å². The van der Waals surface area contributed by atoms with Gasteiger partial charge in [-0.2, -0.15) is 0 Å². The minimum absolute atomic E-state index is 0.127. The van der Waals surface area contributed by atoms with E-state index >= 15 is 0 Å². The van der Waals surface area contributed by atoms with Crippen LogP contribution in [-0.4, -0.2) is 12.6 Å². The molecule has 0 spiro atoms.